The maximum absolute atomic E-state index is 12.7. The first kappa shape index (κ1) is 16.4. The molecule has 1 amide bonds. The highest BCUT2D eigenvalue weighted by atomic mass is 16.2. The summed E-state index contributed by atoms with van der Waals surface area (Å²) in [7, 11) is 0. The van der Waals surface area contributed by atoms with Crippen LogP contribution in [0.15, 0.2) is 30.6 Å². The Bertz CT molecular complexity index is 654. The molecular formula is C17H24N6O. The van der Waals surface area contributed by atoms with Gasteiger partial charge in [-0.15, -0.1) is 5.10 Å². The molecule has 0 saturated carbocycles. The van der Waals surface area contributed by atoms with Crippen molar-refractivity contribution in [3.8, 4) is 0 Å². The molecule has 1 aliphatic heterocycles. The van der Waals surface area contributed by atoms with Crippen LogP contribution in [0, 0.1) is 12.8 Å². The summed E-state index contributed by atoms with van der Waals surface area (Å²) in [6, 6.07) is 5.85. The van der Waals surface area contributed by atoms with Gasteiger partial charge in [-0.3, -0.25) is 9.48 Å². The second kappa shape index (κ2) is 7.42. The van der Waals surface area contributed by atoms with E-state index in [1.807, 2.05) is 47.8 Å². The first-order valence-electron chi connectivity index (χ1n) is 8.45. The van der Waals surface area contributed by atoms with E-state index in [0.29, 0.717) is 6.54 Å². The van der Waals surface area contributed by atoms with E-state index in [4.69, 9.17) is 0 Å². The smallest absolute Gasteiger partial charge is 0.227 e. The normalized spacial score (nSPS) is 16.8. The monoisotopic (exact) mass is 328 g/mol. The number of hydrogen-bond donors (Lipinski definition) is 0. The lowest BCUT2D eigenvalue weighted by Gasteiger charge is -2.25. The minimum Gasteiger partial charge on any atom is -0.353 e. The second-order valence-electron chi connectivity index (χ2n) is 6.33. The van der Waals surface area contributed by atoms with Crippen molar-refractivity contribution < 1.29 is 4.79 Å². The third-order valence-corrected chi connectivity index (χ3v) is 4.36. The molecule has 0 N–H and O–H groups in total. The number of carbonyl (C=O) groups is 1. The number of rotatable bonds is 4. The molecule has 7 nitrogen and oxygen atoms in total. The average Bonchev–Trinajstić information content (AvgIpc) is 2.97. The predicted molar refractivity (Wildman–Crippen MR) is 91.6 cm³/mol. The quantitative estimate of drug-likeness (QED) is 0.848. The standard InChI is InChI=1S/C17H24N6O/c1-14(13-23-10-3-7-18-23)17(24)22-9-4-8-21(11-12-22)16-6-5-15(2)19-20-16/h3,5-7,10,14H,4,8-9,11-13H2,1-2H3/t14-/m1/s1. The Balaban J connectivity index is 1.58. The summed E-state index contributed by atoms with van der Waals surface area (Å²) >= 11 is 0. The summed E-state index contributed by atoms with van der Waals surface area (Å²) in [6.07, 6.45) is 4.57. The summed E-state index contributed by atoms with van der Waals surface area (Å²) in [5, 5.41) is 12.6. The fourth-order valence-corrected chi connectivity index (χ4v) is 3.01. The summed E-state index contributed by atoms with van der Waals surface area (Å²) in [4.78, 5) is 16.9. The molecule has 1 aliphatic rings. The van der Waals surface area contributed by atoms with Gasteiger partial charge in [-0.25, -0.2) is 0 Å². The van der Waals surface area contributed by atoms with E-state index in [1.165, 1.54) is 0 Å². The third kappa shape index (κ3) is 3.90. The molecule has 1 saturated heterocycles. The van der Waals surface area contributed by atoms with Crippen LogP contribution in [0.3, 0.4) is 0 Å². The largest absolute Gasteiger partial charge is 0.353 e. The first-order valence-corrected chi connectivity index (χ1v) is 8.45. The van der Waals surface area contributed by atoms with E-state index >= 15 is 0 Å². The maximum Gasteiger partial charge on any atom is 0.227 e. The Labute approximate surface area is 142 Å². The van der Waals surface area contributed by atoms with Gasteiger partial charge in [0.1, 0.15) is 0 Å². The van der Waals surface area contributed by atoms with Crippen molar-refractivity contribution in [1.82, 2.24) is 24.9 Å². The number of nitrogens with zero attached hydrogens (tertiary/aromatic N) is 6. The van der Waals surface area contributed by atoms with Gasteiger partial charge in [0, 0.05) is 38.6 Å². The molecule has 0 aromatic carbocycles. The molecule has 1 fully saturated rings. The zero-order chi connectivity index (χ0) is 16.9. The van der Waals surface area contributed by atoms with E-state index in [9.17, 15) is 4.79 Å². The van der Waals surface area contributed by atoms with Crippen LogP contribution in [-0.4, -0.2) is 57.0 Å². The van der Waals surface area contributed by atoms with Gasteiger partial charge in [-0.1, -0.05) is 6.92 Å². The average molecular weight is 328 g/mol. The lowest BCUT2D eigenvalue weighted by Crippen LogP contribution is -2.39. The van der Waals surface area contributed by atoms with E-state index in [1.54, 1.807) is 6.20 Å². The van der Waals surface area contributed by atoms with Crippen LogP contribution in [0.25, 0.3) is 0 Å². The highest BCUT2D eigenvalue weighted by Crippen LogP contribution is 2.15. The van der Waals surface area contributed by atoms with E-state index < -0.39 is 0 Å². The van der Waals surface area contributed by atoms with Crippen LogP contribution < -0.4 is 4.90 Å². The van der Waals surface area contributed by atoms with Crippen molar-refractivity contribution in [3.63, 3.8) is 0 Å². The van der Waals surface area contributed by atoms with Crippen molar-refractivity contribution in [1.29, 1.82) is 0 Å². The molecule has 0 aliphatic carbocycles. The van der Waals surface area contributed by atoms with Gasteiger partial charge in [0.25, 0.3) is 0 Å². The van der Waals surface area contributed by atoms with Crippen LogP contribution in [0.1, 0.15) is 19.0 Å². The number of anilines is 1. The molecule has 24 heavy (non-hydrogen) atoms. The maximum atomic E-state index is 12.7. The van der Waals surface area contributed by atoms with Crippen LogP contribution in [0.4, 0.5) is 5.82 Å². The molecule has 3 heterocycles. The van der Waals surface area contributed by atoms with Crippen molar-refractivity contribution in [2.45, 2.75) is 26.8 Å². The molecule has 0 radical (unpaired) electrons. The number of aryl methyl sites for hydroxylation is 1. The van der Waals surface area contributed by atoms with Gasteiger partial charge in [0.15, 0.2) is 5.82 Å². The highest BCUT2D eigenvalue weighted by Gasteiger charge is 2.24. The molecule has 0 bridgehead atoms. The Morgan fingerprint density at radius 2 is 2.08 bits per heavy atom. The number of aromatic nitrogens is 4. The Morgan fingerprint density at radius 1 is 1.21 bits per heavy atom. The molecule has 128 valence electrons. The van der Waals surface area contributed by atoms with Gasteiger partial charge >= 0.3 is 0 Å². The predicted octanol–water partition coefficient (Wildman–Crippen LogP) is 1.36. The molecule has 1 atom stereocenters. The van der Waals surface area contributed by atoms with Crippen LogP contribution in [0.5, 0.6) is 0 Å². The van der Waals surface area contributed by atoms with Gasteiger partial charge in [-0.2, -0.15) is 10.2 Å². The number of hydrogen-bond acceptors (Lipinski definition) is 5. The topological polar surface area (TPSA) is 67.2 Å². The molecule has 0 spiro atoms. The summed E-state index contributed by atoms with van der Waals surface area (Å²) in [5.74, 6) is 1.01. The van der Waals surface area contributed by atoms with Gasteiger partial charge in [-0.05, 0) is 31.5 Å². The van der Waals surface area contributed by atoms with Crippen molar-refractivity contribution >= 4 is 11.7 Å². The lowest BCUT2D eigenvalue weighted by molar-refractivity contribution is -0.135. The Kier molecular flexibility index (Phi) is 5.08. The molecule has 3 rings (SSSR count). The van der Waals surface area contributed by atoms with Gasteiger partial charge in [0.05, 0.1) is 18.2 Å². The summed E-state index contributed by atoms with van der Waals surface area (Å²) in [6.45, 7) is 7.72. The van der Waals surface area contributed by atoms with Crippen molar-refractivity contribution in [2.75, 3.05) is 31.1 Å². The fourth-order valence-electron chi connectivity index (χ4n) is 3.01. The van der Waals surface area contributed by atoms with E-state index in [2.05, 4.69) is 20.2 Å². The minimum atomic E-state index is -0.0735. The Hall–Kier alpha value is -2.44. The molecule has 2 aromatic rings. The van der Waals surface area contributed by atoms with Crippen molar-refractivity contribution in [3.05, 3.63) is 36.3 Å². The second-order valence-corrected chi connectivity index (χ2v) is 6.33. The Morgan fingerprint density at radius 3 is 2.79 bits per heavy atom. The van der Waals surface area contributed by atoms with Crippen LogP contribution >= 0.6 is 0 Å². The van der Waals surface area contributed by atoms with Gasteiger partial charge in [0.2, 0.25) is 5.91 Å². The highest BCUT2D eigenvalue weighted by molar-refractivity contribution is 5.78. The third-order valence-electron chi connectivity index (χ3n) is 4.36. The molecule has 7 heteroatoms. The van der Waals surface area contributed by atoms with E-state index in [0.717, 1.165) is 44.1 Å². The zero-order valence-corrected chi connectivity index (χ0v) is 14.3. The zero-order valence-electron chi connectivity index (χ0n) is 14.3. The van der Waals surface area contributed by atoms with Crippen LogP contribution in [-0.2, 0) is 11.3 Å². The summed E-state index contributed by atoms with van der Waals surface area (Å²) < 4.78 is 1.81. The lowest BCUT2D eigenvalue weighted by atomic mass is 10.1. The van der Waals surface area contributed by atoms with Crippen molar-refractivity contribution in [2.24, 2.45) is 5.92 Å². The van der Waals surface area contributed by atoms with Crippen LogP contribution in [0.2, 0.25) is 0 Å². The number of carbonyl (C=O) groups excluding carboxylic acids is 1. The molecular weight excluding hydrogens is 304 g/mol. The number of amides is 1. The molecule has 2 aromatic heterocycles. The summed E-state index contributed by atoms with van der Waals surface area (Å²) in [5.41, 5.74) is 0.915. The van der Waals surface area contributed by atoms with E-state index in [-0.39, 0.29) is 11.8 Å². The first-order chi connectivity index (χ1) is 11.6. The van der Waals surface area contributed by atoms with Gasteiger partial charge < -0.3 is 9.80 Å². The minimum absolute atomic E-state index is 0.0735. The SMILES string of the molecule is Cc1ccc(N2CCCN(C(=O)[C@H](C)Cn3cccn3)CC2)nn1. The molecule has 0 unspecified atom stereocenters. The fraction of sp³-hybridized carbons (Fsp3) is 0.529.